The summed E-state index contributed by atoms with van der Waals surface area (Å²) in [4.78, 5) is 12.4. The molecule has 2 aromatic rings. The Bertz CT molecular complexity index is 620. The summed E-state index contributed by atoms with van der Waals surface area (Å²) in [6.07, 6.45) is 1.31. The standard InChI is InChI=1S/C21H27NO2/c1-4-24-19-12-10-17(11-13-19)15-21(23)22-20(14-16(2)3)18-8-6-5-7-9-18/h5-13,16,20H,4,14-15H2,1-3H3,(H,22,23). The first-order valence-corrected chi connectivity index (χ1v) is 8.64. The summed E-state index contributed by atoms with van der Waals surface area (Å²) in [7, 11) is 0. The van der Waals surface area contributed by atoms with E-state index in [0.717, 1.165) is 23.3 Å². The topological polar surface area (TPSA) is 38.3 Å². The molecule has 2 aromatic carbocycles. The minimum absolute atomic E-state index is 0.0497. The number of carbonyl (C=O) groups is 1. The van der Waals surface area contributed by atoms with Crippen LogP contribution >= 0.6 is 0 Å². The summed E-state index contributed by atoms with van der Waals surface area (Å²) in [6, 6.07) is 18.0. The van der Waals surface area contributed by atoms with E-state index in [1.54, 1.807) is 0 Å². The van der Waals surface area contributed by atoms with Crippen molar-refractivity contribution in [3.63, 3.8) is 0 Å². The van der Waals surface area contributed by atoms with Gasteiger partial charge in [-0.15, -0.1) is 0 Å². The van der Waals surface area contributed by atoms with Gasteiger partial charge in [0.2, 0.25) is 5.91 Å². The highest BCUT2D eigenvalue weighted by Crippen LogP contribution is 2.21. The van der Waals surface area contributed by atoms with Crippen LogP contribution in [0.25, 0.3) is 0 Å². The van der Waals surface area contributed by atoms with Gasteiger partial charge in [0.1, 0.15) is 5.75 Å². The highest BCUT2D eigenvalue weighted by molar-refractivity contribution is 5.79. The van der Waals surface area contributed by atoms with Crippen molar-refractivity contribution in [3.8, 4) is 5.75 Å². The van der Waals surface area contributed by atoms with Crippen LogP contribution in [0.3, 0.4) is 0 Å². The van der Waals surface area contributed by atoms with Gasteiger partial charge in [0.05, 0.1) is 19.1 Å². The first-order chi connectivity index (χ1) is 11.6. The molecule has 0 aliphatic rings. The van der Waals surface area contributed by atoms with Gasteiger partial charge in [-0.1, -0.05) is 56.3 Å². The van der Waals surface area contributed by atoms with Crippen molar-refractivity contribution < 1.29 is 9.53 Å². The molecule has 0 aliphatic carbocycles. The lowest BCUT2D eigenvalue weighted by Gasteiger charge is -2.21. The fourth-order valence-corrected chi connectivity index (χ4v) is 2.74. The van der Waals surface area contributed by atoms with E-state index in [1.807, 2.05) is 49.4 Å². The van der Waals surface area contributed by atoms with Crippen molar-refractivity contribution >= 4 is 5.91 Å². The molecule has 0 aliphatic heterocycles. The molecule has 1 unspecified atom stereocenters. The van der Waals surface area contributed by atoms with Gasteiger partial charge in [-0.2, -0.15) is 0 Å². The van der Waals surface area contributed by atoms with Gasteiger partial charge in [0.25, 0.3) is 0 Å². The molecule has 1 atom stereocenters. The number of hydrogen-bond acceptors (Lipinski definition) is 2. The van der Waals surface area contributed by atoms with Crippen molar-refractivity contribution in [2.75, 3.05) is 6.61 Å². The van der Waals surface area contributed by atoms with E-state index in [9.17, 15) is 4.79 Å². The summed E-state index contributed by atoms with van der Waals surface area (Å²) >= 11 is 0. The molecule has 0 fully saturated rings. The largest absolute Gasteiger partial charge is 0.494 e. The lowest BCUT2D eigenvalue weighted by atomic mass is 9.96. The third-order valence-corrected chi connectivity index (χ3v) is 3.84. The molecule has 1 amide bonds. The van der Waals surface area contributed by atoms with E-state index >= 15 is 0 Å². The van der Waals surface area contributed by atoms with Crippen LogP contribution in [0.1, 0.15) is 44.4 Å². The first-order valence-electron chi connectivity index (χ1n) is 8.64. The summed E-state index contributed by atoms with van der Waals surface area (Å²) < 4.78 is 5.43. The third-order valence-electron chi connectivity index (χ3n) is 3.84. The lowest BCUT2D eigenvalue weighted by molar-refractivity contribution is -0.121. The molecule has 0 saturated carbocycles. The van der Waals surface area contributed by atoms with Crippen LogP contribution in [-0.2, 0) is 11.2 Å². The maximum Gasteiger partial charge on any atom is 0.224 e. The number of amides is 1. The van der Waals surface area contributed by atoms with Gasteiger partial charge in [-0.25, -0.2) is 0 Å². The smallest absolute Gasteiger partial charge is 0.224 e. The lowest BCUT2D eigenvalue weighted by Crippen LogP contribution is -2.30. The second kappa shape index (κ2) is 9.11. The van der Waals surface area contributed by atoms with Gasteiger partial charge < -0.3 is 10.1 Å². The second-order valence-corrected chi connectivity index (χ2v) is 6.41. The normalized spacial score (nSPS) is 12.0. The van der Waals surface area contributed by atoms with Crippen molar-refractivity contribution in [2.24, 2.45) is 5.92 Å². The molecule has 2 rings (SSSR count). The SMILES string of the molecule is CCOc1ccc(CC(=O)NC(CC(C)C)c2ccccc2)cc1. The van der Waals surface area contributed by atoms with Crippen LogP contribution in [0.15, 0.2) is 54.6 Å². The zero-order valence-corrected chi connectivity index (χ0v) is 14.8. The van der Waals surface area contributed by atoms with E-state index in [2.05, 4.69) is 31.3 Å². The summed E-state index contributed by atoms with van der Waals surface area (Å²) in [5, 5.41) is 3.18. The van der Waals surface area contributed by atoms with Gasteiger partial charge in [-0.3, -0.25) is 4.79 Å². The van der Waals surface area contributed by atoms with E-state index in [0.29, 0.717) is 18.9 Å². The van der Waals surface area contributed by atoms with E-state index in [-0.39, 0.29) is 11.9 Å². The number of carbonyl (C=O) groups excluding carboxylic acids is 1. The van der Waals surface area contributed by atoms with Crippen LogP contribution in [0.5, 0.6) is 5.75 Å². The van der Waals surface area contributed by atoms with Gasteiger partial charge >= 0.3 is 0 Å². The molecule has 3 nitrogen and oxygen atoms in total. The zero-order valence-electron chi connectivity index (χ0n) is 14.8. The number of hydrogen-bond donors (Lipinski definition) is 1. The second-order valence-electron chi connectivity index (χ2n) is 6.41. The Morgan fingerprint density at radius 1 is 1.04 bits per heavy atom. The van der Waals surface area contributed by atoms with Gasteiger partial charge in [0, 0.05) is 0 Å². The Kier molecular flexibility index (Phi) is 6.86. The maximum atomic E-state index is 12.4. The third kappa shape index (κ3) is 5.73. The van der Waals surface area contributed by atoms with E-state index in [4.69, 9.17) is 4.74 Å². The predicted molar refractivity (Wildman–Crippen MR) is 98.1 cm³/mol. The van der Waals surface area contributed by atoms with Gasteiger partial charge in [0.15, 0.2) is 0 Å². The zero-order chi connectivity index (χ0) is 17.4. The minimum atomic E-state index is 0.0497. The van der Waals surface area contributed by atoms with Crippen LogP contribution in [0.4, 0.5) is 0 Å². The van der Waals surface area contributed by atoms with Crippen molar-refractivity contribution in [3.05, 3.63) is 65.7 Å². The molecule has 3 heteroatoms. The predicted octanol–water partition coefficient (Wildman–Crippen LogP) is 4.53. The number of nitrogens with one attached hydrogen (secondary N) is 1. The Morgan fingerprint density at radius 2 is 1.71 bits per heavy atom. The number of benzene rings is 2. The highest BCUT2D eigenvalue weighted by Gasteiger charge is 2.16. The summed E-state index contributed by atoms with van der Waals surface area (Å²) in [5.74, 6) is 1.40. The molecule has 0 bridgehead atoms. The average molecular weight is 325 g/mol. The van der Waals surface area contributed by atoms with Crippen molar-refractivity contribution in [1.82, 2.24) is 5.32 Å². The number of rotatable bonds is 8. The van der Waals surface area contributed by atoms with Crippen LogP contribution in [0, 0.1) is 5.92 Å². The Labute approximate surface area is 145 Å². The van der Waals surface area contributed by atoms with E-state index < -0.39 is 0 Å². The molecule has 128 valence electrons. The average Bonchev–Trinajstić information content (AvgIpc) is 2.57. The van der Waals surface area contributed by atoms with Gasteiger partial charge in [-0.05, 0) is 42.5 Å². The molecule has 0 saturated heterocycles. The van der Waals surface area contributed by atoms with Crippen molar-refractivity contribution in [2.45, 2.75) is 39.7 Å². The van der Waals surface area contributed by atoms with Crippen LogP contribution < -0.4 is 10.1 Å². The highest BCUT2D eigenvalue weighted by atomic mass is 16.5. The molecule has 24 heavy (non-hydrogen) atoms. The van der Waals surface area contributed by atoms with Crippen LogP contribution in [-0.4, -0.2) is 12.5 Å². The maximum absolute atomic E-state index is 12.4. The molecule has 1 N–H and O–H groups in total. The molecule has 0 radical (unpaired) electrons. The fourth-order valence-electron chi connectivity index (χ4n) is 2.74. The Balaban J connectivity index is 1.99. The van der Waals surface area contributed by atoms with E-state index in [1.165, 1.54) is 0 Å². The molecule has 0 aromatic heterocycles. The Morgan fingerprint density at radius 3 is 2.29 bits per heavy atom. The molecule has 0 heterocycles. The van der Waals surface area contributed by atoms with Crippen molar-refractivity contribution in [1.29, 1.82) is 0 Å². The monoisotopic (exact) mass is 325 g/mol. The quantitative estimate of drug-likeness (QED) is 0.774. The molecular formula is C21H27NO2. The fraction of sp³-hybridized carbons (Fsp3) is 0.381. The first kappa shape index (κ1) is 18.1. The molecule has 0 spiro atoms. The Hall–Kier alpha value is -2.29. The minimum Gasteiger partial charge on any atom is -0.494 e. The summed E-state index contributed by atoms with van der Waals surface area (Å²) in [5.41, 5.74) is 2.15. The van der Waals surface area contributed by atoms with Crippen LogP contribution in [0.2, 0.25) is 0 Å². The molecular weight excluding hydrogens is 298 g/mol. The number of ether oxygens (including phenoxy) is 1. The summed E-state index contributed by atoms with van der Waals surface area (Å²) in [6.45, 7) is 6.96.